The quantitative estimate of drug-likeness (QED) is 0.773. The summed E-state index contributed by atoms with van der Waals surface area (Å²) < 4.78 is 4.84. The van der Waals surface area contributed by atoms with Crippen molar-refractivity contribution in [2.75, 3.05) is 18.9 Å². The molecule has 1 heterocycles. The molecule has 0 fully saturated rings. The summed E-state index contributed by atoms with van der Waals surface area (Å²) in [6.45, 7) is 3.70. The molecule has 0 saturated carbocycles. The van der Waals surface area contributed by atoms with Crippen molar-refractivity contribution in [2.45, 2.75) is 39.2 Å². The second kappa shape index (κ2) is 7.64. The van der Waals surface area contributed by atoms with Crippen LogP contribution in [-0.2, 0) is 9.59 Å². The van der Waals surface area contributed by atoms with Gasteiger partial charge in [0.05, 0.1) is 12.6 Å². The van der Waals surface area contributed by atoms with Gasteiger partial charge in [-0.2, -0.15) is 0 Å². The van der Waals surface area contributed by atoms with Gasteiger partial charge in [0.1, 0.15) is 5.76 Å². The molecule has 0 radical (unpaired) electrons. The first kappa shape index (κ1) is 16.2. The molecular weight excluding hydrogens is 260 g/mol. The predicted octanol–water partition coefficient (Wildman–Crippen LogP) is 0.897. The maximum absolute atomic E-state index is 11.9. The van der Waals surface area contributed by atoms with E-state index in [1.165, 1.54) is 4.90 Å². The third-order valence-electron chi connectivity index (χ3n) is 2.84. The molecule has 0 aliphatic carbocycles. The first-order valence-corrected chi connectivity index (χ1v) is 6.67. The number of hydrogen-bond acceptors (Lipinski definition) is 5. The lowest BCUT2D eigenvalue weighted by atomic mass is 10.1. The van der Waals surface area contributed by atoms with Gasteiger partial charge in [-0.3, -0.25) is 9.59 Å². The summed E-state index contributed by atoms with van der Waals surface area (Å²) in [5, 5.41) is 6.20. The number of rotatable bonds is 7. The van der Waals surface area contributed by atoms with E-state index in [1.807, 2.05) is 6.92 Å². The lowest BCUT2D eigenvalue weighted by Crippen LogP contribution is -2.44. The summed E-state index contributed by atoms with van der Waals surface area (Å²) in [6, 6.07) is 1.05. The molecule has 3 N–H and O–H groups in total. The van der Waals surface area contributed by atoms with Crippen molar-refractivity contribution in [3.05, 3.63) is 11.8 Å². The third-order valence-corrected chi connectivity index (χ3v) is 2.84. The molecule has 0 saturated heterocycles. The van der Waals surface area contributed by atoms with Crippen LogP contribution in [0, 0.1) is 6.92 Å². The van der Waals surface area contributed by atoms with E-state index in [0.717, 1.165) is 12.8 Å². The average molecular weight is 282 g/mol. The lowest BCUT2D eigenvalue weighted by molar-refractivity contribution is -0.134. The van der Waals surface area contributed by atoms with Gasteiger partial charge >= 0.3 is 0 Å². The number of aryl methyl sites for hydroxylation is 1. The van der Waals surface area contributed by atoms with E-state index < -0.39 is 6.04 Å². The number of hydrogen-bond donors (Lipinski definition) is 2. The molecule has 1 rings (SSSR count). The van der Waals surface area contributed by atoms with Gasteiger partial charge in [-0.05, 0) is 13.3 Å². The van der Waals surface area contributed by atoms with Crippen molar-refractivity contribution in [3.8, 4) is 0 Å². The third kappa shape index (κ3) is 5.00. The molecule has 7 heteroatoms. The van der Waals surface area contributed by atoms with E-state index in [0.29, 0.717) is 18.0 Å². The average Bonchev–Trinajstić information content (AvgIpc) is 2.79. The largest absolute Gasteiger partial charge is 0.360 e. The maximum atomic E-state index is 11.9. The SMILES string of the molecule is CCCC[C@H](N)C(=O)N(C)CC(=O)Nc1cc(C)on1. The predicted molar refractivity (Wildman–Crippen MR) is 75.0 cm³/mol. The van der Waals surface area contributed by atoms with Gasteiger partial charge in [-0.15, -0.1) is 0 Å². The Labute approximate surface area is 118 Å². The Bertz CT molecular complexity index is 458. The zero-order valence-corrected chi connectivity index (χ0v) is 12.2. The number of nitrogens with one attached hydrogen (secondary N) is 1. The summed E-state index contributed by atoms with van der Waals surface area (Å²) in [5.74, 6) is 0.372. The van der Waals surface area contributed by atoms with Gasteiger partial charge in [-0.25, -0.2) is 0 Å². The standard InChI is InChI=1S/C13H22N4O3/c1-4-5-6-10(14)13(19)17(3)8-12(18)15-11-7-9(2)20-16-11/h7,10H,4-6,8,14H2,1-3H3,(H,15,16,18)/t10-/m0/s1. The van der Waals surface area contributed by atoms with Crippen molar-refractivity contribution < 1.29 is 14.1 Å². The van der Waals surface area contributed by atoms with Crippen LogP contribution in [0.3, 0.4) is 0 Å². The first-order chi connectivity index (χ1) is 9.43. The molecule has 1 atom stereocenters. The summed E-state index contributed by atoms with van der Waals surface area (Å²) >= 11 is 0. The number of aromatic nitrogens is 1. The molecular formula is C13H22N4O3. The van der Waals surface area contributed by atoms with E-state index >= 15 is 0 Å². The molecule has 0 bridgehead atoms. The van der Waals surface area contributed by atoms with Gasteiger partial charge in [0.2, 0.25) is 11.8 Å². The number of likely N-dealkylation sites (N-methyl/N-ethyl adjacent to an activating group) is 1. The summed E-state index contributed by atoms with van der Waals surface area (Å²) in [6.07, 6.45) is 2.51. The number of carbonyl (C=O) groups excluding carboxylic acids is 2. The van der Waals surface area contributed by atoms with Gasteiger partial charge in [0.25, 0.3) is 0 Å². The normalized spacial score (nSPS) is 12.0. The fourth-order valence-electron chi connectivity index (χ4n) is 1.73. The van der Waals surface area contributed by atoms with Crippen LogP contribution >= 0.6 is 0 Å². The van der Waals surface area contributed by atoms with E-state index in [9.17, 15) is 9.59 Å². The highest BCUT2D eigenvalue weighted by Crippen LogP contribution is 2.07. The Balaban J connectivity index is 2.42. The highest BCUT2D eigenvalue weighted by Gasteiger charge is 2.19. The van der Waals surface area contributed by atoms with Crippen LogP contribution in [0.1, 0.15) is 31.9 Å². The van der Waals surface area contributed by atoms with E-state index in [4.69, 9.17) is 10.3 Å². The molecule has 1 aromatic heterocycles. The topological polar surface area (TPSA) is 101 Å². The van der Waals surface area contributed by atoms with Crippen LogP contribution in [0.5, 0.6) is 0 Å². The van der Waals surface area contributed by atoms with E-state index in [1.54, 1.807) is 20.0 Å². The molecule has 7 nitrogen and oxygen atoms in total. The fraction of sp³-hybridized carbons (Fsp3) is 0.615. The Kier molecular flexibility index (Phi) is 6.17. The van der Waals surface area contributed by atoms with Crippen LogP contribution in [0.2, 0.25) is 0 Å². The van der Waals surface area contributed by atoms with Crippen LogP contribution in [0.4, 0.5) is 5.82 Å². The minimum Gasteiger partial charge on any atom is -0.360 e. The maximum Gasteiger partial charge on any atom is 0.245 e. The number of nitrogens with zero attached hydrogens (tertiary/aromatic N) is 2. The molecule has 1 aromatic rings. The van der Waals surface area contributed by atoms with Crippen LogP contribution in [0.15, 0.2) is 10.6 Å². The monoisotopic (exact) mass is 282 g/mol. The Hall–Kier alpha value is -1.89. The second-order valence-electron chi connectivity index (χ2n) is 4.81. The molecule has 0 aromatic carbocycles. The van der Waals surface area contributed by atoms with Crippen LogP contribution in [0.25, 0.3) is 0 Å². The van der Waals surface area contributed by atoms with Crippen molar-refractivity contribution in [2.24, 2.45) is 5.73 Å². The Morgan fingerprint density at radius 1 is 1.55 bits per heavy atom. The molecule has 112 valence electrons. The number of anilines is 1. The zero-order chi connectivity index (χ0) is 15.1. The number of carbonyl (C=O) groups is 2. The van der Waals surface area contributed by atoms with Gasteiger partial charge in [0.15, 0.2) is 5.82 Å². The summed E-state index contributed by atoms with van der Waals surface area (Å²) in [7, 11) is 1.56. The van der Waals surface area contributed by atoms with Crippen LogP contribution in [-0.4, -0.2) is 41.5 Å². The van der Waals surface area contributed by atoms with E-state index in [-0.39, 0.29) is 18.4 Å². The lowest BCUT2D eigenvalue weighted by Gasteiger charge is -2.20. The number of nitrogens with two attached hydrogens (primary N) is 1. The summed E-state index contributed by atoms with van der Waals surface area (Å²) in [4.78, 5) is 25.0. The van der Waals surface area contributed by atoms with Crippen molar-refractivity contribution in [3.63, 3.8) is 0 Å². The Morgan fingerprint density at radius 2 is 2.25 bits per heavy atom. The molecule has 20 heavy (non-hydrogen) atoms. The Morgan fingerprint density at radius 3 is 2.80 bits per heavy atom. The molecule has 0 aliphatic heterocycles. The number of unbranched alkanes of at least 4 members (excludes halogenated alkanes) is 1. The highest BCUT2D eigenvalue weighted by atomic mass is 16.5. The summed E-state index contributed by atoms with van der Waals surface area (Å²) in [5.41, 5.74) is 5.79. The number of amides is 2. The minimum atomic E-state index is -0.554. The first-order valence-electron chi connectivity index (χ1n) is 6.67. The smallest absolute Gasteiger partial charge is 0.245 e. The highest BCUT2D eigenvalue weighted by molar-refractivity contribution is 5.94. The second-order valence-corrected chi connectivity index (χ2v) is 4.81. The van der Waals surface area contributed by atoms with Crippen LogP contribution < -0.4 is 11.1 Å². The van der Waals surface area contributed by atoms with Crippen molar-refractivity contribution in [1.82, 2.24) is 10.1 Å². The van der Waals surface area contributed by atoms with Crippen molar-refractivity contribution >= 4 is 17.6 Å². The van der Waals surface area contributed by atoms with Gasteiger partial charge in [0, 0.05) is 13.1 Å². The fourth-order valence-corrected chi connectivity index (χ4v) is 1.73. The molecule has 0 aliphatic rings. The van der Waals surface area contributed by atoms with Gasteiger partial charge < -0.3 is 20.5 Å². The minimum absolute atomic E-state index is 0.0649. The van der Waals surface area contributed by atoms with E-state index in [2.05, 4.69) is 10.5 Å². The zero-order valence-electron chi connectivity index (χ0n) is 12.2. The molecule has 2 amide bonds. The van der Waals surface area contributed by atoms with Crippen molar-refractivity contribution in [1.29, 1.82) is 0 Å². The van der Waals surface area contributed by atoms with Gasteiger partial charge in [-0.1, -0.05) is 24.9 Å². The molecule has 0 spiro atoms. The molecule has 0 unspecified atom stereocenters.